The Morgan fingerprint density at radius 1 is 1.00 bits per heavy atom. The molecule has 0 aliphatic heterocycles. The Kier molecular flexibility index (Phi) is 9.61. The molecule has 2 aromatic carbocycles. The molecule has 0 radical (unpaired) electrons. The van der Waals surface area contributed by atoms with E-state index in [0.717, 1.165) is 37.3 Å². The molecule has 0 atom stereocenters. The summed E-state index contributed by atoms with van der Waals surface area (Å²) in [4.78, 5) is 4.71. The van der Waals surface area contributed by atoms with Crippen molar-refractivity contribution in [2.24, 2.45) is 4.99 Å². The summed E-state index contributed by atoms with van der Waals surface area (Å²) >= 11 is 0. The predicted molar refractivity (Wildman–Crippen MR) is 135 cm³/mol. The fourth-order valence-electron chi connectivity index (χ4n) is 3.91. The number of hydrogen-bond donors (Lipinski definition) is 2. The highest BCUT2D eigenvalue weighted by molar-refractivity contribution is 14.0. The Hall–Kier alpha value is -1.61. The zero-order valence-corrected chi connectivity index (χ0v) is 20.8. The van der Waals surface area contributed by atoms with Crippen LogP contribution in [-0.2, 0) is 16.3 Å². The molecule has 1 aliphatic carbocycles. The summed E-state index contributed by atoms with van der Waals surface area (Å²) in [5.41, 5.74) is 2.55. The van der Waals surface area contributed by atoms with E-state index in [2.05, 4.69) is 46.0 Å². The normalized spacial score (nSPS) is 19.6. The van der Waals surface area contributed by atoms with E-state index in [-0.39, 0.29) is 24.0 Å². The zero-order valence-electron chi connectivity index (χ0n) is 17.7. The molecule has 0 unspecified atom stereocenters. The van der Waals surface area contributed by atoms with E-state index in [1.165, 1.54) is 24.7 Å². The van der Waals surface area contributed by atoms with Crippen molar-refractivity contribution in [2.75, 3.05) is 19.8 Å². The van der Waals surface area contributed by atoms with Crippen molar-refractivity contribution < 1.29 is 8.42 Å². The van der Waals surface area contributed by atoms with Gasteiger partial charge < -0.3 is 10.6 Å². The number of benzene rings is 2. The van der Waals surface area contributed by atoms with E-state index in [0.29, 0.717) is 16.9 Å². The first-order chi connectivity index (χ1) is 14.0. The second-order valence-corrected chi connectivity index (χ2v) is 9.78. The lowest BCUT2D eigenvalue weighted by Crippen LogP contribution is -2.45. The van der Waals surface area contributed by atoms with Gasteiger partial charge in [0, 0.05) is 25.9 Å². The fourth-order valence-corrected chi connectivity index (χ4v) is 4.54. The quantitative estimate of drug-likeness (QED) is 0.328. The molecular formula is C23H32IN3O2S. The van der Waals surface area contributed by atoms with Gasteiger partial charge in [0.1, 0.15) is 0 Å². The number of aliphatic imine (C=N–C) groups is 1. The van der Waals surface area contributed by atoms with Crippen LogP contribution in [0.3, 0.4) is 0 Å². The molecule has 2 N–H and O–H groups in total. The van der Waals surface area contributed by atoms with Crippen LogP contribution in [0.2, 0.25) is 0 Å². The largest absolute Gasteiger partial charge is 0.356 e. The first-order valence-corrected chi connectivity index (χ1v) is 12.2. The Bertz CT molecular complexity index is 907. The lowest BCUT2D eigenvalue weighted by molar-refractivity contribution is 0.371. The molecule has 1 fully saturated rings. The fraction of sp³-hybridized carbons (Fsp3) is 0.435. The summed E-state index contributed by atoms with van der Waals surface area (Å²) in [6.07, 6.45) is 6.73. The van der Waals surface area contributed by atoms with Gasteiger partial charge in [-0.15, -0.1) is 24.0 Å². The Labute approximate surface area is 197 Å². The lowest BCUT2D eigenvalue weighted by Gasteiger charge is -2.30. The van der Waals surface area contributed by atoms with Crippen molar-refractivity contribution in [2.45, 2.75) is 49.0 Å². The summed E-state index contributed by atoms with van der Waals surface area (Å²) in [5.74, 6) is 1.50. The molecule has 5 nitrogen and oxygen atoms in total. The molecule has 164 valence electrons. The van der Waals surface area contributed by atoms with E-state index < -0.39 is 9.84 Å². The number of halogens is 1. The highest BCUT2D eigenvalue weighted by Gasteiger charge is 2.22. The van der Waals surface area contributed by atoms with Gasteiger partial charge in [-0.25, -0.2) is 8.42 Å². The van der Waals surface area contributed by atoms with Crippen molar-refractivity contribution in [1.82, 2.24) is 10.6 Å². The summed E-state index contributed by atoms with van der Waals surface area (Å²) < 4.78 is 23.1. The molecule has 0 amide bonds. The molecule has 0 heterocycles. The third kappa shape index (κ3) is 7.27. The molecule has 0 aromatic heterocycles. The van der Waals surface area contributed by atoms with Gasteiger partial charge in [0.25, 0.3) is 0 Å². The van der Waals surface area contributed by atoms with Gasteiger partial charge in [0.2, 0.25) is 0 Å². The van der Waals surface area contributed by atoms with Crippen LogP contribution in [0.15, 0.2) is 64.5 Å². The zero-order chi connectivity index (χ0) is 20.7. The first kappa shape index (κ1) is 24.7. The van der Waals surface area contributed by atoms with Crippen molar-refractivity contribution >= 4 is 39.8 Å². The SMILES string of the molecule is CN=C(NCCc1ccc(S(C)(=O)=O)cc1)NC1CCC(c2ccccc2)CC1.I. The summed E-state index contributed by atoms with van der Waals surface area (Å²) in [7, 11) is -1.34. The average molecular weight is 541 g/mol. The minimum absolute atomic E-state index is 0. The number of sulfone groups is 1. The van der Waals surface area contributed by atoms with Gasteiger partial charge in [0.05, 0.1) is 4.90 Å². The van der Waals surface area contributed by atoms with Crippen LogP contribution in [0.5, 0.6) is 0 Å². The second-order valence-electron chi connectivity index (χ2n) is 7.77. The van der Waals surface area contributed by atoms with Gasteiger partial charge in [-0.3, -0.25) is 4.99 Å². The minimum atomic E-state index is -3.14. The molecule has 7 heteroatoms. The molecule has 3 rings (SSSR count). The topological polar surface area (TPSA) is 70.6 Å². The van der Waals surface area contributed by atoms with E-state index >= 15 is 0 Å². The number of rotatable bonds is 6. The van der Waals surface area contributed by atoms with E-state index in [9.17, 15) is 8.42 Å². The van der Waals surface area contributed by atoms with Crippen LogP contribution < -0.4 is 10.6 Å². The van der Waals surface area contributed by atoms with Crippen LogP contribution in [0.25, 0.3) is 0 Å². The van der Waals surface area contributed by atoms with Gasteiger partial charge >= 0.3 is 0 Å². The van der Waals surface area contributed by atoms with E-state index in [1.54, 1.807) is 19.2 Å². The first-order valence-electron chi connectivity index (χ1n) is 10.3. The van der Waals surface area contributed by atoms with Crippen LogP contribution in [-0.4, -0.2) is 40.3 Å². The highest BCUT2D eigenvalue weighted by atomic mass is 127. The van der Waals surface area contributed by atoms with Crippen LogP contribution >= 0.6 is 24.0 Å². The molecule has 2 aromatic rings. The minimum Gasteiger partial charge on any atom is -0.356 e. The highest BCUT2D eigenvalue weighted by Crippen LogP contribution is 2.32. The van der Waals surface area contributed by atoms with Crippen molar-refractivity contribution in [1.29, 1.82) is 0 Å². The van der Waals surface area contributed by atoms with Crippen LogP contribution in [0.1, 0.15) is 42.7 Å². The Morgan fingerprint density at radius 3 is 2.20 bits per heavy atom. The maximum Gasteiger partial charge on any atom is 0.191 e. The number of nitrogens with zero attached hydrogens (tertiary/aromatic N) is 1. The predicted octanol–water partition coefficient (Wildman–Crippen LogP) is 4.14. The third-order valence-corrected chi connectivity index (χ3v) is 6.75. The molecule has 0 bridgehead atoms. The standard InChI is InChI=1S/C23H31N3O2S.HI/c1-24-23(25-17-16-18-8-14-22(15-9-18)29(2,27)28)26-21-12-10-20(11-13-21)19-6-4-3-5-7-19;/h3-9,14-15,20-21H,10-13,16-17H2,1-2H3,(H2,24,25,26);1H. The number of guanidine groups is 1. The smallest absolute Gasteiger partial charge is 0.191 e. The number of hydrogen-bond acceptors (Lipinski definition) is 3. The summed E-state index contributed by atoms with van der Waals surface area (Å²) in [6, 6.07) is 18.3. The van der Waals surface area contributed by atoms with E-state index in [4.69, 9.17) is 0 Å². The maximum atomic E-state index is 11.5. The number of nitrogens with one attached hydrogen (secondary N) is 2. The molecule has 0 spiro atoms. The van der Waals surface area contributed by atoms with Gasteiger partial charge in [0.15, 0.2) is 15.8 Å². The van der Waals surface area contributed by atoms with Gasteiger partial charge in [-0.2, -0.15) is 0 Å². The molecule has 1 aliphatic rings. The Balaban J connectivity index is 0.00000320. The van der Waals surface area contributed by atoms with E-state index in [1.807, 2.05) is 12.1 Å². The monoisotopic (exact) mass is 541 g/mol. The third-order valence-electron chi connectivity index (χ3n) is 5.62. The summed E-state index contributed by atoms with van der Waals surface area (Å²) in [6.45, 7) is 0.747. The molecule has 1 saturated carbocycles. The van der Waals surface area contributed by atoms with Crippen molar-refractivity contribution in [3.05, 3.63) is 65.7 Å². The van der Waals surface area contributed by atoms with Gasteiger partial charge in [-0.1, -0.05) is 42.5 Å². The summed E-state index contributed by atoms with van der Waals surface area (Å²) in [5, 5.41) is 6.93. The van der Waals surface area contributed by atoms with Gasteiger partial charge in [-0.05, 0) is 61.3 Å². The van der Waals surface area contributed by atoms with Crippen molar-refractivity contribution in [3.8, 4) is 0 Å². The maximum absolute atomic E-state index is 11.5. The van der Waals surface area contributed by atoms with Crippen molar-refractivity contribution in [3.63, 3.8) is 0 Å². The second kappa shape index (κ2) is 11.7. The molecule has 0 saturated heterocycles. The molecular weight excluding hydrogens is 509 g/mol. The lowest BCUT2D eigenvalue weighted by atomic mass is 9.82. The molecule has 30 heavy (non-hydrogen) atoms. The van der Waals surface area contributed by atoms with Crippen LogP contribution in [0.4, 0.5) is 0 Å². The average Bonchev–Trinajstić information content (AvgIpc) is 2.74. The Morgan fingerprint density at radius 2 is 1.63 bits per heavy atom. The van der Waals surface area contributed by atoms with Crippen LogP contribution in [0, 0.1) is 0 Å².